The van der Waals surface area contributed by atoms with Crippen molar-refractivity contribution in [1.29, 1.82) is 0 Å². The van der Waals surface area contributed by atoms with Crippen LogP contribution in [0.4, 0.5) is 5.69 Å². The first kappa shape index (κ1) is 24.6. The molecule has 10 heteroatoms. The average molecular weight is 510 g/mol. The number of hydrogen-bond donors (Lipinski definition) is 2. The van der Waals surface area contributed by atoms with Crippen molar-refractivity contribution in [2.75, 3.05) is 50.7 Å². The number of benzene rings is 1. The van der Waals surface area contributed by atoms with Crippen LogP contribution in [0.15, 0.2) is 23.0 Å². The minimum absolute atomic E-state index is 0.222. The number of imidazole rings is 1. The standard InChI is InChI=1S/C27H39N7O3/c1-30-24-16-20(2-3-22(24)34(27(30)37)23-4-5-25(35)29-26(23)36)32-8-6-18(7-9-32)17-31-10-12-33(13-11-31)21-14-19(28)15-21/h2-3,16,18-19,21,23H,4-15,17,28H2,1H3,(H,29,35,36)/t19-,21+,23?. The summed E-state index contributed by atoms with van der Waals surface area (Å²) >= 11 is 0. The van der Waals surface area contributed by atoms with Crippen molar-refractivity contribution in [3.8, 4) is 0 Å². The molecule has 3 aliphatic heterocycles. The molecule has 2 amide bonds. The Kier molecular flexibility index (Phi) is 6.58. The van der Waals surface area contributed by atoms with Crippen LogP contribution in [0.3, 0.4) is 0 Å². The van der Waals surface area contributed by atoms with E-state index in [1.54, 1.807) is 16.2 Å². The lowest BCUT2D eigenvalue weighted by molar-refractivity contribution is -0.135. The van der Waals surface area contributed by atoms with E-state index in [0.717, 1.165) is 41.8 Å². The number of aromatic nitrogens is 2. The van der Waals surface area contributed by atoms with Crippen LogP contribution in [0.1, 0.15) is 44.6 Å². The van der Waals surface area contributed by atoms with Gasteiger partial charge in [-0.1, -0.05) is 0 Å². The van der Waals surface area contributed by atoms with Crippen molar-refractivity contribution in [3.05, 3.63) is 28.7 Å². The van der Waals surface area contributed by atoms with Gasteiger partial charge >= 0.3 is 5.69 Å². The van der Waals surface area contributed by atoms with Gasteiger partial charge in [0.2, 0.25) is 11.8 Å². The second-order valence-corrected chi connectivity index (χ2v) is 11.5. The van der Waals surface area contributed by atoms with Crippen molar-refractivity contribution >= 4 is 28.5 Å². The fraction of sp³-hybridized carbons (Fsp3) is 0.667. The number of piperazine rings is 1. The molecular formula is C27H39N7O3. The quantitative estimate of drug-likeness (QED) is 0.570. The van der Waals surface area contributed by atoms with Gasteiger partial charge in [-0.05, 0) is 56.2 Å². The lowest BCUT2D eigenvalue weighted by atomic mass is 9.86. The lowest BCUT2D eigenvalue weighted by Crippen LogP contribution is -2.57. The largest absolute Gasteiger partial charge is 0.371 e. The van der Waals surface area contributed by atoms with E-state index in [0.29, 0.717) is 12.5 Å². The highest BCUT2D eigenvalue weighted by atomic mass is 16.2. The van der Waals surface area contributed by atoms with E-state index >= 15 is 0 Å². The molecule has 0 spiro atoms. The maximum Gasteiger partial charge on any atom is 0.329 e. The molecule has 4 heterocycles. The number of anilines is 1. The van der Waals surface area contributed by atoms with Crippen LogP contribution in [-0.4, -0.2) is 88.6 Å². The number of nitrogens with one attached hydrogen (secondary N) is 1. The zero-order chi connectivity index (χ0) is 25.7. The first-order valence-corrected chi connectivity index (χ1v) is 13.9. The molecule has 37 heavy (non-hydrogen) atoms. The van der Waals surface area contributed by atoms with Crippen molar-refractivity contribution < 1.29 is 9.59 Å². The highest BCUT2D eigenvalue weighted by Crippen LogP contribution is 2.30. The van der Waals surface area contributed by atoms with Crippen LogP contribution in [0.25, 0.3) is 11.0 Å². The van der Waals surface area contributed by atoms with E-state index in [4.69, 9.17) is 5.73 Å². The number of rotatable bonds is 5. The second-order valence-electron chi connectivity index (χ2n) is 11.5. The van der Waals surface area contributed by atoms with Crippen LogP contribution in [0.2, 0.25) is 0 Å². The molecule has 1 atom stereocenters. The molecule has 1 unspecified atom stereocenters. The monoisotopic (exact) mass is 509 g/mol. The van der Waals surface area contributed by atoms with Crippen molar-refractivity contribution in [1.82, 2.24) is 24.3 Å². The van der Waals surface area contributed by atoms with E-state index in [2.05, 4.69) is 32.1 Å². The summed E-state index contributed by atoms with van der Waals surface area (Å²) in [4.78, 5) is 44.8. The Bertz CT molecular complexity index is 1230. The normalized spacial score (nSPS) is 28.5. The lowest BCUT2D eigenvalue weighted by Gasteiger charge is -2.46. The van der Waals surface area contributed by atoms with E-state index in [1.807, 2.05) is 6.07 Å². The maximum absolute atomic E-state index is 13.1. The van der Waals surface area contributed by atoms with E-state index in [9.17, 15) is 14.4 Å². The molecule has 0 bridgehead atoms. The van der Waals surface area contributed by atoms with Gasteiger partial charge in [-0.25, -0.2) is 4.79 Å². The number of piperidine rings is 2. The number of fused-ring (bicyclic) bond motifs is 1. The molecule has 4 fully saturated rings. The average Bonchev–Trinajstić information content (AvgIpc) is 3.12. The summed E-state index contributed by atoms with van der Waals surface area (Å²) in [5.41, 5.74) is 8.44. The van der Waals surface area contributed by atoms with Crippen molar-refractivity contribution in [2.45, 2.75) is 56.7 Å². The van der Waals surface area contributed by atoms with E-state index < -0.39 is 11.9 Å². The van der Waals surface area contributed by atoms with Gasteiger partial charge < -0.3 is 15.5 Å². The molecule has 3 saturated heterocycles. The number of imide groups is 1. The summed E-state index contributed by atoms with van der Waals surface area (Å²) in [5.74, 6) is 0.0496. The molecule has 3 N–H and O–H groups in total. The first-order chi connectivity index (χ1) is 17.9. The Morgan fingerprint density at radius 3 is 2.35 bits per heavy atom. The van der Waals surface area contributed by atoms with Gasteiger partial charge in [0.15, 0.2) is 0 Å². The molecular weight excluding hydrogens is 470 g/mol. The second kappa shape index (κ2) is 9.89. The van der Waals surface area contributed by atoms with Crippen molar-refractivity contribution in [2.24, 2.45) is 18.7 Å². The number of aryl methyl sites for hydroxylation is 1. The van der Waals surface area contributed by atoms with Crippen LogP contribution < -0.4 is 21.6 Å². The molecule has 1 aliphatic carbocycles. The predicted octanol–water partition coefficient (Wildman–Crippen LogP) is 0.641. The molecule has 1 saturated carbocycles. The smallest absolute Gasteiger partial charge is 0.329 e. The zero-order valence-electron chi connectivity index (χ0n) is 21.8. The highest BCUT2D eigenvalue weighted by Gasteiger charge is 2.34. The molecule has 2 aromatic rings. The molecule has 200 valence electrons. The minimum atomic E-state index is -0.649. The number of amides is 2. The highest BCUT2D eigenvalue weighted by molar-refractivity contribution is 6.00. The van der Waals surface area contributed by atoms with Gasteiger partial charge in [-0.15, -0.1) is 0 Å². The minimum Gasteiger partial charge on any atom is -0.371 e. The first-order valence-electron chi connectivity index (χ1n) is 13.9. The summed E-state index contributed by atoms with van der Waals surface area (Å²) in [6.07, 6.45) is 5.28. The van der Waals surface area contributed by atoms with Crippen LogP contribution >= 0.6 is 0 Å². The van der Waals surface area contributed by atoms with Crippen LogP contribution in [0.5, 0.6) is 0 Å². The van der Waals surface area contributed by atoms with Gasteiger partial charge in [0.1, 0.15) is 6.04 Å². The van der Waals surface area contributed by atoms with Crippen LogP contribution in [-0.2, 0) is 16.6 Å². The Labute approximate surface area is 217 Å². The van der Waals surface area contributed by atoms with E-state index in [-0.39, 0.29) is 18.0 Å². The number of carbonyl (C=O) groups excluding carboxylic acids is 2. The summed E-state index contributed by atoms with van der Waals surface area (Å²) in [7, 11) is 1.75. The van der Waals surface area contributed by atoms with Gasteiger partial charge in [0.05, 0.1) is 11.0 Å². The zero-order valence-corrected chi connectivity index (χ0v) is 21.8. The van der Waals surface area contributed by atoms with Gasteiger partial charge in [-0.2, -0.15) is 0 Å². The number of nitrogens with zero attached hydrogens (tertiary/aromatic N) is 5. The third-order valence-corrected chi connectivity index (χ3v) is 9.16. The Morgan fingerprint density at radius 1 is 0.946 bits per heavy atom. The SMILES string of the molecule is Cn1c(=O)n(C2CCC(=O)NC2=O)c2ccc(N3CCC(CN4CCN([C@H]5C[C@@H](N)C5)CC4)CC3)cc21. The fourth-order valence-electron chi connectivity index (χ4n) is 6.76. The molecule has 1 aromatic heterocycles. The Morgan fingerprint density at radius 2 is 1.68 bits per heavy atom. The third-order valence-electron chi connectivity index (χ3n) is 9.16. The fourth-order valence-corrected chi connectivity index (χ4v) is 6.76. The number of nitrogens with two attached hydrogens (primary N) is 1. The van der Waals surface area contributed by atoms with Crippen molar-refractivity contribution in [3.63, 3.8) is 0 Å². The Balaban J connectivity index is 1.07. The summed E-state index contributed by atoms with van der Waals surface area (Å²) in [5, 5.41) is 2.37. The third kappa shape index (κ3) is 4.70. The summed E-state index contributed by atoms with van der Waals surface area (Å²) < 4.78 is 3.17. The summed E-state index contributed by atoms with van der Waals surface area (Å²) in [6, 6.07) is 6.59. The molecule has 1 aromatic carbocycles. The number of hydrogen-bond acceptors (Lipinski definition) is 7. The van der Waals surface area contributed by atoms with Gasteiger partial charge in [0, 0.05) is 77.1 Å². The molecule has 10 nitrogen and oxygen atoms in total. The van der Waals surface area contributed by atoms with E-state index in [1.165, 1.54) is 58.4 Å². The number of carbonyl (C=O) groups is 2. The molecule has 6 rings (SSSR count). The maximum atomic E-state index is 13.1. The summed E-state index contributed by atoms with van der Waals surface area (Å²) in [6.45, 7) is 7.90. The predicted molar refractivity (Wildman–Crippen MR) is 143 cm³/mol. The van der Waals surface area contributed by atoms with Gasteiger partial charge in [-0.3, -0.25) is 28.9 Å². The Hall–Kier alpha value is -2.69. The van der Waals surface area contributed by atoms with Crippen LogP contribution in [0, 0.1) is 5.92 Å². The van der Waals surface area contributed by atoms with Gasteiger partial charge in [0.25, 0.3) is 0 Å². The molecule has 0 radical (unpaired) electrons. The molecule has 4 aliphatic rings. The topological polar surface area (TPSA) is 109 Å².